The second-order valence-corrected chi connectivity index (χ2v) is 3.43. The predicted octanol–water partition coefficient (Wildman–Crippen LogP) is 2.71. The second-order valence-electron chi connectivity index (χ2n) is 3.43. The number of hydrogen-bond acceptors (Lipinski definition) is 2. The van der Waals surface area contributed by atoms with Crippen LogP contribution in [-0.2, 0) is 0 Å². The lowest BCUT2D eigenvalue weighted by Crippen LogP contribution is -2.09. The van der Waals surface area contributed by atoms with Crippen LogP contribution >= 0.6 is 0 Å². The van der Waals surface area contributed by atoms with Gasteiger partial charge in [0.2, 0.25) is 0 Å². The molecular weight excluding hydrogens is 162 g/mol. The molecule has 1 aromatic rings. The molecule has 0 unspecified atom stereocenters. The molecule has 1 rings (SSSR count). The first-order chi connectivity index (χ1) is 6.09. The lowest BCUT2D eigenvalue weighted by molar-refractivity contribution is 0.101. The molecule has 0 amide bonds. The van der Waals surface area contributed by atoms with E-state index in [4.69, 9.17) is 0 Å². The van der Waals surface area contributed by atoms with E-state index in [1.807, 2.05) is 24.3 Å². The van der Waals surface area contributed by atoms with E-state index in [1.165, 1.54) is 0 Å². The largest absolute Gasteiger partial charge is 0.383 e. The summed E-state index contributed by atoms with van der Waals surface area (Å²) >= 11 is 0. The molecule has 2 nitrogen and oxygen atoms in total. The van der Waals surface area contributed by atoms with Gasteiger partial charge in [-0.25, -0.2) is 0 Å². The highest BCUT2D eigenvalue weighted by molar-refractivity contribution is 5.94. The summed E-state index contributed by atoms with van der Waals surface area (Å²) in [4.78, 5) is 11.0. The molecule has 0 atom stereocenters. The molecule has 2 heteroatoms. The number of nitrogens with one attached hydrogen (secondary N) is 1. The first-order valence-corrected chi connectivity index (χ1v) is 4.47. The van der Waals surface area contributed by atoms with Gasteiger partial charge in [-0.3, -0.25) is 4.79 Å². The normalized spacial score (nSPS) is 10.2. The number of benzene rings is 1. The number of ketones is 1. The van der Waals surface area contributed by atoms with Gasteiger partial charge >= 0.3 is 0 Å². The Morgan fingerprint density at radius 1 is 1.23 bits per heavy atom. The van der Waals surface area contributed by atoms with Crippen LogP contribution in [0.15, 0.2) is 24.3 Å². The monoisotopic (exact) mass is 177 g/mol. The molecule has 0 aliphatic heterocycles. The number of carbonyl (C=O) groups is 1. The van der Waals surface area contributed by atoms with Gasteiger partial charge in [-0.2, -0.15) is 0 Å². The van der Waals surface area contributed by atoms with Crippen LogP contribution in [0.4, 0.5) is 5.69 Å². The fourth-order valence-corrected chi connectivity index (χ4v) is 1.13. The third-order valence-corrected chi connectivity index (χ3v) is 1.75. The minimum Gasteiger partial charge on any atom is -0.383 e. The predicted molar refractivity (Wildman–Crippen MR) is 55.2 cm³/mol. The zero-order chi connectivity index (χ0) is 9.84. The van der Waals surface area contributed by atoms with Crippen LogP contribution in [0.2, 0.25) is 0 Å². The first kappa shape index (κ1) is 9.78. The van der Waals surface area contributed by atoms with Crippen molar-refractivity contribution in [1.82, 2.24) is 0 Å². The molecule has 0 aliphatic rings. The van der Waals surface area contributed by atoms with Crippen molar-refractivity contribution < 1.29 is 4.79 Å². The smallest absolute Gasteiger partial charge is 0.159 e. The Kier molecular flexibility index (Phi) is 3.07. The average molecular weight is 177 g/mol. The average Bonchev–Trinajstić information content (AvgIpc) is 2.04. The third kappa shape index (κ3) is 2.90. The number of hydrogen-bond donors (Lipinski definition) is 1. The lowest BCUT2D eigenvalue weighted by atomic mass is 10.1. The lowest BCUT2D eigenvalue weighted by Gasteiger charge is -2.09. The Morgan fingerprint density at radius 2 is 1.77 bits per heavy atom. The molecular formula is C11H15NO. The Morgan fingerprint density at radius 3 is 2.15 bits per heavy atom. The summed E-state index contributed by atoms with van der Waals surface area (Å²) in [5.41, 5.74) is 1.81. The zero-order valence-electron chi connectivity index (χ0n) is 8.29. The molecule has 0 bridgehead atoms. The van der Waals surface area contributed by atoms with Crippen molar-refractivity contribution in [2.45, 2.75) is 26.8 Å². The Hall–Kier alpha value is -1.31. The van der Waals surface area contributed by atoms with E-state index in [0.717, 1.165) is 11.3 Å². The van der Waals surface area contributed by atoms with E-state index in [-0.39, 0.29) is 5.78 Å². The molecule has 0 fully saturated rings. The van der Waals surface area contributed by atoms with Crippen LogP contribution in [-0.4, -0.2) is 11.8 Å². The van der Waals surface area contributed by atoms with Crippen molar-refractivity contribution in [2.24, 2.45) is 0 Å². The van der Waals surface area contributed by atoms with Crippen molar-refractivity contribution in [3.63, 3.8) is 0 Å². The van der Waals surface area contributed by atoms with E-state index in [0.29, 0.717) is 6.04 Å². The molecule has 13 heavy (non-hydrogen) atoms. The Bertz CT molecular complexity index is 287. The summed E-state index contributed by atoms with van der Waals surface area (Å²) in [5, 5.41) is 3.26. The van der Waals surface area contributed by atoms with E-state index < -0.39 is 0 Å². The van der Waals surface area contributed by atoms with Crippen molar-refractivity contribution in [3.8, 4) is 0 Å². The van der Waals surface area contributed by atoms with Gasteiger partial charge in [0.05, 0.1) is 0 Å². The molecule has 0 saturated heterocycles. The Balaban J connectivity index is 2.75. The standard InChI is InChI=1S/C11H15NO/c1-8(2)12-11-6-4-10(5-7-11)9(3)13/h4-8,12H,1-3H3. The minimum absolute atomic E-state index is 0.107. The summed E-state index contributed by atoms with van der Waals surface area (Å²) in [6.07, 6.45) is 0. The van der Waals surface area contributed by atoms with Crippen LogP contribution < -0.4 is 5.32 Å². The van der Waals surface area contributed by atoms with Crippen molar-refractivity contribution in [2.75, 3.05) is 5.32 Å². The fourth-order valence-electron chi connectivity index (χ4n) is 1.13. The molecule has 70 valence electrons. The summed E-state index contributed by atoms with van der Waals surface area (Å²) in [6.45, 7) is 5.74. The van der Waals surface area contributed by atoms with Gasteiger partial charge in [0, 0.05) is 17.3 Å². The number of Topliss-reactive ketones (excluding diaryl/α,β-unsaturated/α-hetero) is 1. The molecule has 0 heterocycles. The summed E-state index contributed by atoms with van der Waals surface area (Å²) < 4.78 is 0. The molecule has 0 aromatic heterocycles. The molecule has 0 saturated carbocycles. The SMILES string of the molecule is CC(=O)c1ccc(NC(C)C)cc1. The maximum Gasteiger partial charge on any atom is 0.159 e. The fraction of sp³-hybridized carbons (Fsp3) is 0.364. The Labute approximate surface area is 79.0 Å². The quantitative estimate of drug-likeness (QED) is 0.719. The van der Waals surface area contributed by atoms with Gasteiger partial charge in [0.1, 0.15) is 0 Å². The van der Waals surface area contributed by atoms with Crippen LogP contribution in [0.1, 0.15) is 31.1 Å². The summed E-state index contributed by atoms with van der Waals surface area (Å²) in [7, 11) is 0. The van der Waals surface area contributed by atoms with Gasteiger partial charge < -0.3 is 5.32 Å². The summed E-state index contributed by atoms with van der Waals surface area (Å²) in [6, 6.07) is 7.95. The van der Waals surface area contributed by atoms with Gasteiger partial charge in [0.25, 0.3) is 0 Å². The molecule has 0 radical (unpaired) electrons. The highest BCUT2D eigenvalue weighted by atomic mass is 16.1. The van der Waals surface area contributed by atoms with Crippen LogP contribution in [0.3, 0.4) is 0 Å². The van der Waals surface area contributed by atoms with Gasteiger partial charge in [0.15, 0.2) is 5.78 Å². The van der Waals surface area contributed by atoms with Gasteiger partial charge in [-0.05, 0) is 45.0 Å². The highest BCUT2D eigenvalue weighted by Crippen LogP contribution is 2.10. The first-order valence-electron chi connectivity index (χ1n) is 4.47. The van der Waals surface area contributed by atoms with Gasteiger partial charge in [-0.1, -0.05) is 0 Å². The van der Waals surface area contributed by atoms with E-state index >= 15 is 0 Å². The molecule has 1 aromatic carbocycles. The maximum absolute atomic E-state index is 11.0. The van der Waals surface area contributed by atoms with E-state index in [9.17, 15) is 4.79 Å². The van der Waals surface area contributed by atoms with E-state index in [1.54, 1.807) is 6.92 Å². The number of anilines is 1. The molecule has 0 spiro atoms. The highest BCUT2D eigenvalue weighted by Gasteiger charge is 1.98. The zero-order valence-corrected chi connectivity index (χ0v) is 8.29. The molecule has 1 N–H and O–H groups in total. The van der Waals surface area contributed by atoms with E-state index in [2.05, 4.69) is 19.2 Å². The third-order valence-electron chi connectivity index (χ3n) is 1.75. The summed E-state index contributed by atoms with van der Waals surface area (Å²) in [5.74, 6) is 0.107. The van der Waals surface area contributed by atoms with Crippen LogP contribution in [0, 0.1) is 0 Å². The van der Waals surface area contributed by atoms with Crippen molar-refractivity contribution in [3.05, 3.63) is 29.8 Å². The number of carbonyl (C=O) groups excluding carboxylic acids is 1. The van der Waals surface area contributed by atoms with Crippen molar-refractivity contribution in [1.29, 1.82) is 0 Å². The minimum atomic E-state index is 0.107. The van der Waals surface area contributed by atoms with Crippen LogP contribution in [0.25, 0.3) is 0 Å². The maximum atomic E-state index is 11.0. The van der Waals surface area contributed by atoms with Crippen LogP contribution in [0.5, 0.6) is 0 Å². The molecule has 0 aliphatic carbocycles. The second kappa shape index (κ2) is 4.08. The van der Waals surface area contributed by atoms with Gasteiger partial charge in [-0.15, -0.1) is 0 Å². The number of rotatable bonds is 3. The topological polar surface area (TPSA) is 29.1 Å². The van der Waals surface area contributed by atoms with Crippen molar-refractivity contribution >= 4 is 11.5 Å².